The van der Waals surface area contributed by atoms with E-state index in [1.807, 2.05) is 24.3 Å². The van der Waals surface area contributed by atoms with E-state index in [0.717, 1.165) is 0 Å². The summed E-state index contributed by atoms with van der Waals surface area (Å²) in [5.74, 6) is 0.595. The van der Waals surface area contributed by atoms with Crippen molar-refractivity contribution in [2.45, 2.75) is 26.2 Å². The maximum absolute atomic E-state index is 10.7. The Hall–Kier alpha value is -1.37. The van der Waals surface area contributed by atoms with Crippen LogP contribution in [0.2, 0.25) is 0 Å². The molecule has 0 saturated carbocycles. The van der Waals surface area contributed by atoms with Crippen molar-refractivity contribution in [2.24, 2.45) is 0 Å². The lowest BCUT2D eigenvalue weighted by molar-refractivity contribution is -0.116. The summed E-state index contributed by atoms with van der Waals surface area (Å²) in [4.78, 5) is 10.7. The van der Waals surface area contributed by atoms with Crippen molar-refractivity contribution in [3.05, 3.63) is 48.0 Å². The monoisotopic (exact) mass is 188 g/mol. The van der Waals surface area contributed by atoms with E-state index in [-0.39, 0.29) is 5.78 Å². The van der Waals surface area contributed by atoms with Crippen molar-refractivity contribution in [3.8, 4) is 0 Å². The third-order valence-corrected chi connectivity index (χ3v) is 2.16. The zero-order valence-corrected chi connectivity index (χ0v) is 8.73. The summed E-state index contributed by atoms with van der Waals surface area (Å²) in [6, 6.07) is 10.3. The number of carbonyl (C=O) groups excluding carboxylic acids is 1. The van der Waals surface area contributed by atoms with E-state index in [2.05, 4.69) is 25.1 Å². The van der Waals surface area contributed by atoms with Gasteiger partial charge < -0.3 is 0 Å². The van der Waals surface area contributed by atoms with Crippen LogP contribution in [0.1, 0.15) is 31.7 Å². The maximum atomic E-state index is 10.7. The number of Topliss-reactive ketones (excluding diaryl/α,β-unsaturated/α-hetero) is 1. The van der Waals surface area contributed by atoms with E-state index in [1.54, 1.807) is 6.92 Å². The molecule has 1 aromatic carbocycles. The normalized spacial score (nSPS) is 13.0. The van der Waals surface area contributed by atoms with Crippen LogP contribution in [0.15, 0.2) is 42.5 Å². The second-order valence-corrected chi connectivity index (χ2v) is 3.53. The Morgan fingerprint density at radius 2 is 2.00 bits per heavy atom. The molecule has 1 atom stereocenters. The van der Waals surface area contributed by atoms with Crippen LogP contribution in [-0.2, 0) is 4.79 Å². The average molecular weight is 188 g/mol. The molecule has 0 fully saturated rings. The minimum atomic E-state index is 0.210. The molecule has 1 rings (SSSR count). The van der Waals surface area contributed by atoms with Gasteiger partial charge in [-0.05, 0) is 18.4 Å². The lowest BCUT2D eigenvalue weighted by Crippen LogP contribution is -1.89. The molecule has 1 heteroatoms. The van der Waals surface area contributed by atoms with Crippen molar-refractivity contribution in [3.63, 3.8) is 0 Å². The Morgan fingerprint density at radius 3 is 2.57 bits per heavy atom. The van der Waals surface area contributed by atoms with Gasteiger partial charge in [0.15, 0.2) is 0 Å². The van der Waals surface area contributed by atoms with Crippen LogP contribution >= 0.6 is 0 Å². The van der Waals surface area contributed by atoms with Crippen molar-refractivity contribution in [1.82, 2.24) is 0 Å². The standard InChI is InChI=1S/C13H16O/c1-11(7-6-8-12(2)14)13-9-4-3-5-10-13/h3-7,9-11H,8H2,1-2H3/b7-6-. The predicted molar refractivity (Wildman–Crippen MR) is 59.3 cm³/mol. The number of ketones is 1. The summed E-state index contributed by atoms with van der Waals surface area (Å²) in [6.45, 7) is 3.74. The van der Waals surface area contributed by atoms with Gasteiger partial charge in [-0.1, -0.05) is 49.4 Å². The summed E-state index contributed by atoms with van der Waals surface area (Å²) in [7, 11) is 0. The quantitative estimate of drug-likeness (QED) is 0.662. The summed E-state index contributed by atoms with van der Waals surface area (Å²) in [5.41, 5.74) is 1.28. The molecule has 1 unspecified atom stereocenters. The van der Waals surface area contributed by atoms with Crippen LogP contribution in [0.3, 0.4) is 0 Å². The van der Waals surface area contributed by atoms with Gasteiger partial charge in [-0.3, -0.25) is 4.79 Å². The van der Waals surface area contributed by atoms with Gasteiger partial charge in [0, 0.05) is 6.42 Å². The highest BCUT2D eigenvalue weighted by atomic mass is 16.1. The molecule has 0 saturated heterocycles. The van der Waals surface area contributed by atoms with Gasteiger partial charge in [-0.2, -0.15) is 0 Å². The Kier molecular flexibility index (Phi) is 4.11. The molecular formula is C13H16O. The molecule has 74 valence electrons. The Morgan fingerprint density at radius 1 is 1.36 bits per heavy atom. The number of carbonyl (C=O) groups is 1. The fraction of sp³-hybridized carbons (Fsp3) is 0.308. The van der Waals surface area contributed by atoms with Crippen LogP contribution in [0, 0.1) is 0 Å². The molecule has 0 aromatic heterocycles. The first-order valence-electron chi connectivity index (χ1n) is 4.91. The second kappa shape index (κ2) is 5.38. The molecule has 0 N–H and O–H groups in total. The molecule has 0 aliphatic heterocycles. The largest absolute Gasteiger partial charge is 0.300 e. The van der Waals surface area contributed by atoms with Crippen LogP contribution in [0.5, 0.6) is 0 Å². The highest BCUT2D eigenvalue weighted by Crippen LogP contribution is 2.15. The van der Waals surface area contributed by atoms with Crippen molar-refractivity contribution in [2.75, 3.05) is 0 Å². The summed E-state index contributed by atoms with van der Waals surface area (Å²) in [5, 5.41) is 0. The van der Waals surface area contributed by atoms with Gasteiger partial charge >= 0.3 is 0 Å². The van der Waals surface area contributed by atoms with Crippen LogP contribution in [0.25, 0.3) is 0 Å². The highest BCUT2D eigenvalue weighted by Gasteiger charge is 1.98. The third kappa shape index (κ3) is 3.56. The minimum Gasteiger partial charge on any atom is -0.300 e. The lowest BCUT2D eigenvalue weighted by atomic mass is 10.0. The molecule has 0 spiro atoms. The maximum Gasteiger partial charge on any atom is 0.133 e. The Balaban J connectivity index is 2.54. The first kappa shape index (κ1) is 10.7. The van der Waals surface area contributed by atoms with Gasteiger partial charge in [0.05, 0.1) is 0 Å². The predicted octanol–water partition coefficient (Wildman–Crippen LogP) is 3.33. The summed E-state index contributed by atoms with van der Waals surface area (Å²) < 4.78 is 0. The lowest BCUT2D eigenvalue weighted by Gasteiger charge is -2.05. The average Bonchev–Trinajstić information content (AvgIpc) is 2.18. The van der Waals surface area contributed by atoms with E-state index in [0.29, 0.717) is 12.3 Å². The van der Waals surface area contributed by atoms with E-state index >= 15 is 0 Å². The molecule has 0 amide bonds. The Labute approximate surface area is 85.5 Å². The molecule has 0 radical (unpaired) electrons. The van der Waals surface area contributed by atoms with Gasteiger partial charge in [-0.25, -0.2) is 0 Å². The van der Waals surface area contributed by atoms with Gasteiger partial charge in [0.25, 0.3) is 0 Å². The van der Waals surface area contributed by atoms with E-state index in [9.17, 15) is 4.79 Å². The van der Waals surface area contributed by atoms with Crippen molar-refractivity contribution >= 4 is 5.78 Å². The fourth-order valence-electron chi connectivity index (χ4n) is 1.31. The summed E-state index contributed by atoms with van der Waals surface area (Å²) in [6.07, 6.45) is 4.56. The van der Waals surface area contributed by atoms with Crippen molar-refractivity contribution in [1.29, 1.82) is 0 Å². The molecule has 1 nitrogen and oxygen atoms in total. The minimum absolute atomic E-state index is 0.210. The van der Waals surface area contributed by atoms with Gasteiger partial charge in [0.1, 0.15) is 5.78 Å². The van der Waals surface area contributed by atoms with Gasteiger partial charge in [-0.15, -0.1) is 0 Å². The van der Waals surface area contributed by atoms with E-state index < -0.39 is 0 Å². The zero-order chi connectivity index (χ0) is 10.4. The molecule has 0 heterocycles. The van der Waals surface area contributed by atoms with E-state index in [4.69, 9.17) is 0 Å². The molecule has 0 bridgehead atoms. The number of allylic oxidation sites excluding steroid dienone is 2. The van der Waals surface area contributed by atoms with Crippen LogP contribution < -0.4 is 0 Å². The first-order valence-corrected chi connectivity index (χ1v) is 4.91. The molecular weight excluding hydrogens is 172 g/mol. The molecule has 0 aliphatic carbocycles. The molecule has 14 heavy (non-hydrogen) atoms. The molecule has 0 aliphatic rings. The molecule has 1 aromatic rings. The first-order chi connectivity index (χ1) is 6.70. The SMILES string of the molecule is CC(=O)C/C=C\C(C)c1ccccc1. The number of rotatable bonds is 4. The third-order valence-electron chi connectivity index (χ3n) is 2.16. The van der Waals surface area contributed by atoms with Crippen molar-refractivity contribution < 1.29 is 4.79 Å². The topological polar surface area (TPSA) is 17.1 Å². The van der Waals surface area contributed by atoms with E-state index in [1.165, 1.54) is 5.56 Å². The number of benzene rings is 1. The van der Waals surface area contributed by atoms with Crippen LogP contribution in [0.4, 0.5) is 0 Å². The fourth-order valence-corrected chi connectivity index (χ4v) is 1.31. The second-order valence-electron chi connectivity index (χ2n) is 3.53. The van der Waals surface area contributed by atoms with Gasteiger partial charge in [0.2, 0.25) is 0 Å². The number of hydrogen-bond acceptors (Lipinski definition) is 1. The Bertz CT molecular complexity index is 311. The zero-order valence-electron chi connectivity index (χ0n) is 8.73. The number of hydrogen-bond donors (Lipinski definition) is 0. The summed E-state index contributed by atoms with van der Waals surface area (Å²) >= 11 is 0. The highest BCUT2D eigenvalue weighted by molar-refractivity contribution is 5.76. The van der Waals surface area contributed by atoms with Crippen LogP contribution in [-0.4, -0.2) is 5.78 Å². The smallest absolute Gasteiger partial charge is 0.133 e.